The molecule has 0 aliphatic rings. The first-order valence-corrected chi connectivity index (χ1v) is 5.22. The number of carbonyl (C=O) groups excluding carboxylic acids is 1. The van der Waals surface area contributed by atoms with Crippen molar-refractivity contribution in [3.05, 3.63) is 29.8 Å². The zero-order valence-electron chi connectivity index (χ0n) is 9.38. The maximum Gasteiger partial charge on any atom is 0.236 e. The molecule has 0 heterocycles. The van der Waals surface area contributed by atoms with Gasteiger partial charge >= 0.3 is 0 Å². The van der Waals surface area contributed by atoms with Crippen LogP contribution in [0, 0.1) is 17.0 Å². The summed E-state index contributed by atoms with van der Waals surface area (Å²) >= 11 is 4.74. The van der Waals surface area contributed by atoms with E-state index in [9.17, 15) is 13.6 Å². The summed E-state index contributed by atoms with van der Waals surface area (Å²) in [6.07, 6.45) is 0. The van der Waals surface area contributed by atoms with Gasteiger partial charge in [-0.1, -0.05) is 12.2 Å². The maximum atomic E-state index is 13.3. The lowest BCUT2D eigenvalue weighted by atomic mass is 9.92. The standard InChI is InChI=1S/C11H12F2N2OS/c1-11(2,9(14)17)10(16)15-8-4-3-6(12)5-7(8)13/h3-5H,1-2H3,(H2,14,17)(H,15,16). The second-order valence-electron chi connectivity index (χ2n) is 4.07. The first-order valence-electron chi connectivity index (χ1n) is 4.81. The Hall–Kier alpha value is -1.56. The van der Waals surface area contributed by atoms with E-state index in [0.29, 0.717) is 6.07 Å². The Morgan fingerprint density at radius 2 is 2.00 bits per heavy atom. The van der Waals surface area contributed by atoms with Crippen LogP contribution in [-0.2, 0) is 4.79 Å². The van der Waals surface area contributed by atoms with E-state index in [2.05, 4.69) is 5.32 Å². The zero-order valence-corrected chi connectivity index (χ0v) is 10.2. The Balaban J connectivity index is 2.92. The van der Waals surface area contributed by atoms with E-state index in [4.69, 9.17) is 18.0 Å². The van der Waals surface area contributed by atoms with Crippen LogP contribution in [0.25, 0.3) is 0 Å². The number of thiocarbonyl (C=S) groups is 1. The Bertz CT molecular complexity index is 475. The average molecular weight is 258 g/mol. The number of benzene rings is 1. The smallest absolute Gasteiger partial charge is 0.236 e. The second-order valence-corrected chi connectivity index (χ2v) is 4.51. The summed E-state index contributed by atoms with van der Waals surface area (Å²) in [5.74, 6) is -2.11. The number of hydrogen-bond acceptors (Lipinski definition) is 2. The summed E-state index contributed by atoms with van der Waals surface area (Å²) in [5, 5.41) is 2.31. The molecule has 3 N–H and O–H groups in total. The molecule has 0 saturated carbocycles. The van der Waals surface area contributed by atoms with E-state index in [-0.39, 0.29) is 10.7 Å². The normalized spacial score (nSPS) is 11.1. The first kappa shape index (κ1) is 13.5. The van der Waals surface area contributed by atoms with Crippen LogP contribution >= 0.6 is 12.2 Å². The van der Waals surface area contributed by atoms with Crippen LogP contribution in [0.5, 0.6) is 0 Å². The van der Waals surface area contributed by atoms with Gasteiger partial charge in [0, 0.05) is 6.07 Å². The fraction of sp³-hybridized carbons (Fsp3) is 0.273. The third kappa shape index (κ3) is 2.97. The lowest BCUT2D eigenvalue weighted by Crippen LogP contribution is -2.41. The number of hydrogen-bond donors (Lipinski definition) is 2. The molecule has 1 aromatic rings. The molecule has 0 bridgehead atoms. The molecule has 0 atom stereocenters. The predicted octanol–water partition coefficient (Wildman–Crippen LogP) is 2.22. The van der Waals surface area contributed by atoms with Crippen LogP contribution in [0.2, 0.25) is 0 Å². The van der Waals surface area contributed by atoms with E-state index in [1.54, 1.807) is 0 Å². The van der Waals surface area contributed by atoms with Gasteiger partial charge < -0.3 is 11.1 Å². The van der Waals surface area contributed by atoms with Crippen LogP contribution in [0.15, 0.2) is 18.2 Å². The Labute approximate surface area is 103 Å². The van der Waals surface area contributed by atoms with Crippen molar-refractivity contribution in [3.63, 3.8) is 0 Å². The second kappa shape index (κ2) is 4.75. The lowest BCUT2D eigenvalue weighted by molar-refractivity contribution is -0.121. The molecule has 92 valence electrons. The van der Waals surface area contributed by atoms with Gasteiger partial charge in [-0.2, -0.15) is 0 Å². The van der Waals surface area contributed by atoms with Crippen LogP contribution in [-0.4, -0.2) is 10.9 Å². The molecule has 0 fully saturated rings. The minimum absolute atomic E-state index is 0.00230. The minimum atomic E-state index is -1.10. The molecule has 0 aliphatic carbocycles. The van der Waals surface area contributed by atoms with Crippen molar-refractivity contribution in [3.8, 4) is 0 Å². The molecule has 0 aliphatic heterocycles. The fourth-order valence-electron chi connectivity index (χ4n) is 0.981. The third-order valence-corrected chi connectivity index (χ3v) is 2.87. The third-order valence-electron chi connectivity index (χ3n) is 2.36. The molecule has 0 aromatic heterocycles. The van der Waals surface area contributed by atoms with Crippen LogP contribution in [0.1, 0.15) is 13.8 Å². The molecule has 3 nitrogen and oxygen atoms in total. The molecule has 0 spiro atoms. The molecule has 0 saturated heterocycles. The van der Waals surface area contributed by atoms with Crippen LogP contribution in [0.4, 0.5) is 14.5 Å². The molecule has 17 heavy (non-hydrogen) atoms. The monoisotopic (exact) mass is 258 g/mol. The highest BCUT2D eigenvalue weighted by Gasteiger charge is 2.31. The molecule has 0 unspecified atom stereocenters. The number of rotatable bonds is 3. The van der Waals surface area contributed by atoms with Gasteiger partial charge in [-0.3, -0.25) is 4.79 Å². The van der Waals surface area contributed by atoms with Crippen molar-refractivity contribution >= 4 is 28.8 Å². The van der Waals surface area contributed by atoms with Gasteiger partial charge in [0.25, 0.3) is 0 Å². The number of halogens is 2. The lowest BCUT2D eigenvalue weighted by Gasteiger charge is -2.22. The average Bonchev–Trinajstić information content (AvgIpc) is 2.21. The highest BCUT2D eigenvalue weighted by atomic mass is 32.1. The molecule has 0 radical (unpaired) electrons. The summed E-state index contributed by atoms with van der Waals surface area (Å²) in [5.41, 5.74) is 4.19. The number of amides is 1. The van der Waals surface area contributed by atoms with Crippen molar-refractivity contribution in [2.24, 2.45) is 11.1 Å². The topological polar surface area (TPSA) is 55.1 Å². The largest absolute Gasteiger partial charge is 0.392 e. The van der Waals surface area contributed by atoms with Crippen LogP contribution < -0.4 is 11.1 Å². The fourth-order valence-corrected chi connectivity index (χ4v) is 1.07. The van der Waals surface area contributed by atoms with E-state index in [1.807, 2.05) is 0 Å². The zero-order chi connectivity index (χ0) is 13.2. The van der Waals surface area contributed by atoms with Crippen molar-refractivity contribution in [1.82, 2.24) is 0 Å². The summed E-state index contributed by atoms with van der Waals surface area (Å²) in [4.78, 5) is 11.8. The van der Waals surface area contributed by atoms with Gasteiger partial charge in [0.15, 0.2) is 0 Å². The van der Waals surface area contributed by atoms with E-state index in [1.165, 1.54) is 13.8 Å². The molecule has 6 heteroatoms. The van der Waals surface area contributed by atoms with E-state index in [0.717, 1.165) is 12.1 Å². The van der Waals surface area contributed by atoms with Crippen molar-refractivity contribution in [2.75, 3.05) is 5.32 Å². The number of nitrogens with one attached hydrogen (secondary N) is 1. The SMILES string of the molecule is CC(C)(C(=O)Nc1ccc(F)cc1F)C(N)=S. The molecular formula is C11H12F2N2OS. The van der Waals surface area contributed by atoms with Gasteiger partial charge in [0.1, 0.15) is 11.6 Å². The summed E-state index contributed by atoms with van der Waals surface area (Å²) < 4.78 is 25.9. The molecule has 1 amide bonds. The van der Waals surface area contributed by atoms with Gasteiger partial charge in [0.2, 0.25) is 5.91 Å². The first-order chi connectivity index (χ1) is 7.75. The minimum Gasteiger partial charge on any atom is -0.392 e. The Morgan fingerprint density at radius 1 is 1.41 bits per heavy atom. The summed E-state index contributed by atoms with van der Waals surface area (Å²) in [6, 6.07) is 2.87. The Morgan fingerprint density at radius 3 is 2.47 bits per heavy atom. The highest BCUT2D eigenvalue weighted by molar-refractivity contribution is 7.80. The maximum absolute atomic E-state index is 13.3. The predicted molar refractivity (Wildman–Crippen MR) is 65.6 cm³/mol. The summed E-state index contributed by atoms with van der Waals surface area (Å²) in [7, 11) is 0. The van der Waals surface area contributed by atoms with E-state index >= 15 is 0 Å². The number of carbonyl (C=O) groups is 1. The molecular weight excluding hydrogens is 246 g/mol. The van der Waals surface area contributed by atoms with Gasteiger partial charge in [-0.15, -0.1) is 0 Å². The molecule has 1 rings (SSSR count). The highest BCUT2D eigenvalue weighted by Crippen LogP contribution is 2.21. The molecule has 1 aromatic carbocycles. The van der Waals surface area contributed by atoms with Crippen LogP contribution in [0.3, 0.4) is 0 Å². The van der Waals surface area contributed by atoms with Gasteiger partial charge in [-0.25, -0.2) is 8.78 Å². The quantitative estimate of drug-likeness (QED) is 0.817. The number of anilines is 1. The van der Waals surface area contributed by atoms with Gasteiger partial charge in [0.05, 0.1) is 16.1 Å². The summed E-state index contributed by atoms with van der Waals surface area (Å²) in [6.45, 7) is 3.04. The van der Waals surface area contributed by atoms with E-state index < -0.39 is 23.0 Å². The van der Waals surface area contributed by atoms with Crippen molar-refractivity contribution in [2.45, 2.75) is 13.8 Å². The van der Waals surface area contributed by atoms with Gasteiger partial charge in [-0.05, 0) is 26.0 Å². The Kier molecular flexibility index (Phi) is 3.77. The van der Waals surface area contributed by atoms with Crippen molar-refractivity contribution < 1.29 is 13.6 Å². The van der Waals surface area contributed by atoms with Crippen molar-refractivity contribution in [1.29, 1.82) is 0 Å². The number of nitrogens with two attached hydrogens (primary N) is 1.